The van der Waals surface area contributed by atoms with Gasteiger partial charge in [0.25, 0.3) is 0 Å². The fourth-order valence-corrected chi connectivity index (χ4v) is 1.41. The number of nitrogens with zero attached hydrogens (tertiary/aromatic N) is 1. The lowest BCUT2D eigenvalue weighted by atomic mass is 10.1. The molecule has 1 atom stereocenters. The van der Waals surface area contributed by atoms with E-state index in [0.29, 0.717) is 13.0 Å². The Bertz CT molecular complexity index is 387. The minimum atomic E-state index is -0.365. The van der Waals surface area contributed by atoms with Crippen LogP contribution in [0.15, 0.2) is 18.2 Å². The summed E-state index contributed by atoms with van der Waals surface area (Å²) in [6, 6.07) is 6.89. The minimum Gasteiger partial charge on any atom is -0.494 e. The van der Waals surface area contributed by atoms with E-state index in [1.165, 1.54) is 13.2 Å². The summed E-state index contributed by atoms with van der Waals surface area (Å²) in [5.74, 6) is -0.123. The molecule has 1 N–H and O–H groups in total. The van der Waals surface area contributed by atoms with Gasteiger partial charge in [0.05, 0.1) is 13.2 Å². The van der Waals surface area contributed by atoms with Crippen molar-refractivity contribution in [3.63, 3.8) is 0 Å². The van der Waals surface area contributed by atoms with Crippen LogP contribution in [-0.2, 0) is 0 Å². The van der Waals surface area contributed by atoms with Gasteiger partial charge in [-0.2, -0.15) is 5.26 Å². The molecule has 1 rings (SSSR count). The van der Waals surface area contributed by atoms with Crippen LogP contribution < -0.4 is 10.1 Å². The van der Waals surface area contributed by atoms with Gasteiger partial charge in [-0.05, 0) is 24.6 Å². The fourth-order valence-electron chi connectivity index (χ4n) is 1.41. The summed E-state index contributed by atoms with van der Waals surface area (Å²) in [7, 11) is 1.44. The second-order valence-electron chi connectivity index (χ2n) is 3.48. The molecule has 0 saturated heterocycles. The maximum Gasteiger partial charge on any atom is 0.165 e. The first kappa shape index (κ1) is 12.5. The van der Waals surface area contributed by atoms with Crippen molar-refractivity contribution in [3.8, 4) is 11.8 Å². The third kappa shape index (κ3) is 3.21. The highest BCUT2D eigenvalue weighted by atomic mass is 19.1. The van der Waals surface area contributed by atoms with Crippen molar-refractivity contribution in [1.82, 2.24) is 5.32 Å². The van der Waals surface area contributed by atoms with Gasteiger partial charge in [-0.1, -0.05) is 6.07 Å². The summed E-state index contributed by atoms with van der Waals surface area (Å²) in [4.78, 5) is 0. The Kier molecular flexibility index (Phi) is 4.74. The topological polar surface area (TPSA) is 45.0 Å². The van der Waals surface area contributed by atoms with Crippen LogP contribution in [-0.4, -0.2) is 13.7 Å². The van der Waals surface area contributed by atoms with Crippen LogP contribution in [0.4, 0.5) is 4.39 Å². The molecule has 0 bridgehead atoms. The first-order valence-corrected chi connectivity index (χ1v) is 5.12. The molecule has 0 aliphatic rings. The van der Waals surface area contributed by atoms with Crippen LogP contribution in [0.5, 0.6) is 5.75 Å². The lowest BCUT2D eigenvalue weighted by Crippen LogP contribution is -2.19. The van der Waals surface area contributed by atoms with E-state index in [4.69, 9.17) is 10.00 Å². The van der Waals surface area contributed by atoms with E-state index in [1.807, 2.05) is 6.92 Å². The first-order chi connectivity index (χ1) is 7.69. The predicted molar refractivity (Wildman–Crippen MR) is 59.6 cm³/mol. The number of hydrogen-bond donors (Lipinski definition) is 1. The Morgan fingerprint density at radius 2 is 2.31 bits per heavy atom. The largest absolute Gasteiger partial charge is 0.494 e. The Morgan fingerprint density at radius 1 is 1.56 bits per heavy atom. The molecule has 3 nitrogen and oxygen atoms in total. The van der Waals surface area contributed by atoms with E-state index in [0.717, 1.165) is 5.56 Å². The Labute approximate surface area is 94.8 Å². The molecule has 0 spiro atoms. The summed E-state index contributed by atoms with van der Waals surface area (Å²) in [6.07, 6.45) is 0.461. The van der Waals surface area contributed by atoms with Gasteiger partial charge in [-0.15, -0.1) is 0 Å². The molecule has 0 aromatic heterocycles. The molecular formula is C12H15FN2O. The first-order valence-electron chi connectivity index (χ1n) is 5.12. The fraction of sp³-hybridized carbons (Fsp3) is 0.417. The molecule has 1 aromatic carbocycles. The maximum atomic E-state index is 13.2. The normalized spacial score (nSPS) is 11.9. The molecule has 16 heavy (non-hydrogen) atoms. The summed E-state index contributed by atoms with van der Waals surface area (Å²) < 4.78 is 18.1. The standard InChI is InChI=1S/C12H15FN2O/c1-9(15-7-3-6-14)10-4-5-11(13)12(8-10)16-2/h4-5,8-9,15H,3,7H2,1-2H3. The molecule has 0 radical (unpaired) electrons. The van der Waals surface area contributed by atoms with Gasteiger partial charge < -0.3 is 10.1 Å². The van der Waals surface area contributed by atoms with Crippen molar-refractivity contribution in [2.75, 3.05) is 13.7 Å². The van der Waals surface area contributed by atoms with Crippen LogP contribution in [0.25, 0.3) is 0 Å². The van der Waals surface area contributed by atoms with E-state index in [9.17, 15) is 4.39 Å². The second-order valence-corrected chi connectivity index (χ2v) is 3.48. The van der Waals surface area contributed by atoms with E-state index >= 15 is 0 Å². The molecule has 0 saturated carbocycles. The summed E-state index contributed by atoms with van der Waals surface area (Å²) in [5.41, 5.74) is 0.941. The minimum absolute atomic E-state index is 0.0721. The van der Waals surface area contributed by atoms with Crippen LogP contribution in [0, 0.1) is 17.1 Å². The van der Waals surface area contributed by atoms with Crippen molar-refractivity contribution in [2.45, 2.75) is 19.4 Å². The molecule has 0 aliphatic carbocycles. The molecular weight excluding hydrogens is 207 g/mol. The highest BCUT2D eigenvalue weighted by Gasteiger charge is 2.08. The summed E-state index contributed by atoms with van der Waals surface area (Å²) in [5, 5.41) is 11.6. The van der Waals surface area contributed by atoms with Gasteiger partial charge in [0.2, 0.25) is 0 Å². The zero-order valence-corrected chi connectivity index (χ0v) is 9.46. The molecule has 1 aromatic rings. The van der Waals surface area contributed by atoms with E-state index in [2.05, 4.69) is 11.4 Å². The Balaban J connectivity index is 2.69. The number of benzene rings is 1. The SMILES string of the molecule is COc1cc(C(C)NCCC#N)ccc1F. The van der Waals surface area contributed by atoms with E-state index < -0.39 is 0 Å². The van der Waals surface area contributed by atoms with Gasteiger partial charge in [-0.25, -0.2) is 4.39 Å². The highest BCUT2D eigenvalue weighted by Crippen LogP contribution is 2.22. The van der Waals surface area contributed by atoms with E-state index in [-0.39, 0.29) is 17.6 Å². The Morgan fingerprint density at radius 3 is 2.94 bits per heavy atom. The number of nitriles is 1. The predicted octanol–water partition coefficient (Wildman–Crippen LogP) is 2.40. The Hall–Kier alpha value is -1.60. The van der Waals surface area contributed by atoms with Crippen LogP contribution >= 0.6 is 0 Å². The number of rotatable bonds is 5. The summed E-state index contributed by atoms with van der Waals surface area (Å²) in [6.45, 7) is 2.58. The average Bonchev–Trinajstić information content (AvgIpc) is 2.30. The molecule has 4 heteroatoms. The molecule has 0 heterocycles. The molecule has 86 valence electrons. The smallest absolute Gasteiger partial charge is 0.165 e. The van der Waals surface area contributed by atoms with Gasteiger partial charge >= 0.3 is 0 Å². The number of ether oxygens (including phenoxy) is 1. The zero-order chi connectivity index (χ0) is 12.0. The van der Waals surface area contributed by atoms with Crippen molar-refractivity contribution < 1.29 is 9.13 Å². The second kappa shape index (κ2) is 6.09. The highest BCUT2D eigenvalue weighted by molar-refractivity contribution is 5.31. The summed E-state index contributed by atoms with van der Waals surface area (Å²) >= 11 is 0. The van der Waals surface area contributed by atoms with Gasteiger partial charge in [0.1, 0.15) is 0 Å². The molecule has 1 unspecified atom stereocenters. The average molecular weight is 222 g/mol. The number of methoxy groups -OCH3 is 1. The van der Waals surface area contributed by atoms with E-state index in [1.54, 1.807) is 12.1 Å². The van der Waals surface area contributed by atoms with Crippen LogP contribution in [0.2, 0.25) is 0 Å². The van der Waals surface area contributed by atoms with Gasteiger partial charge in [0.15, 0.2) is 11.6 Å². The van der Waals surface area contributed by atoms with Crippen LogP contribution in [0.1, 0.15) is 24.9 Å². The molecule has 0 aliphatic heterocycles. The van der Waals surface area contributed by atoms with Crippen molar-refractivity contribution >= 4 is 0 Å². The third-order valence-corrected chi connectivity index (χ3v) is 2.36. The monoisotopic (exact) mass is 222 g/mol. The lowest BCUT2D eigenvalue weighted by Gasteiger charge is -2.14. The molecule has 0 amide bonds. The third-order valence-electron chi connectivity index (χ3n) is 2.36. The number of hydrogen-bond acceptors (Lipinski definition) is 3. The van der Waals surface area contributed by atoms with Crippen molar-refractivity contribution in [3.05, 3.63) is 29.6 Å². The zero-order valence-electron chi connectivity index (χ0n) is 9.46. The number of halogens is 1. The van der Waals surface area contributed by atoms with Gasteiger partial charge in [0, 0.05) is 19.0 Å². The van der Waals surface area contributed by atoms with Crippen LogP contribution in [0.3, 0.4) is 0 Å². The maximum absolute atomic E-state index is 13.2. The molecule has 0 fully saturated rings. The lowest BCUT2D eigenvalue weighted by molar-refractivity contribution is 0.385. The quantitative estimate of drug-likeness (QED) is 0.778. The van der Waals surface area contributed by atoms with Crippen molar-refractivity contribution in [2.24, 2.45) is 0 Å². The number of nitrogens with one attached hydrogen (secondary N) is 1. The van der Waals surface area contributed by atoms with Gasteiger partial charge in [-0.3, -0.25) is 0 Å². The van der Waals surface area contributed by atoms with Crippen molar-refractivity contribution in [1.29, 1.82) is 5.26 Å².